The monoisotopic (exact) mass is 338 g/mol. The Kier molecular flexibility index (Phi) is 9.01. The summed E-state index contributed by atoms with van der Waals surface area (Å²) in [5, 5.41) is 9.12. The number of unbranched alkanes of at least 4 members (excludes halogenated alkanes) is 9. The number of Topliss-reactive ketones (excluding diaryl/α,β-unsaturated/α-hetero) is 1. The Morgan fingerprint density at radius 1 is 0.833 bits per heavy atom. The molecule has 1 saturated carbocycles. The van der Waals surface area contributed by atoms with E-state index in [1.165, 1.54) is 51.4 Å². The topological polar surface area (TPSA) is 54.4 Å². The smallest absolute Gasteiger partial charge is 0.309 e. The Labute approximate surface area is 148 Å². The van der Waals surface area contributed by atoms with E-state index in [1.807, 2.05) is 0 Å². The zero-order chi connectivity index (χ0) is 18.1. The van der Waals surface area contributed by atoms with Gasteiger partial charge in [0, 0.05) is 5.41 Å². The van der Waals surface area contributed by atoms with Crippen LogP contribution in [0.25, 0.3) is 0 Å². The molecule has 1 rings (SSSR count). The van der Waals surface area contributed by atoms with Crippen LogP contribution in [-0.4, -0.2) is 16.9 Å². The fourth-order valence-corrected chi connectivity index (χ4v) is 3.34. The van der Waals surface area contributed by atoms with E-state index in [2.05, 4.69) is 13.8 Å². The summed E-state index contributed by atoms with van der Waals surface area (Å²) in [5.74, 6) is -0.271. The average Bonchev–Trinajstić information content (AvgIpc) is 3.29. The van der Waals surface area contributed by atoms with Crippen LogP contribution < -0.4 is 0 Å². The highest BCUT2D eigenvalue weighted by molar-refractivity contribution is 5.81. The SMILES string of the molecule is CC(=O)C(C)(C)CCCCCCCCCCCCC1(C(=O)O)CC1. The minimum Gasteiger partial charge on any atom is -0.481 e. The first kappa shape index (κ1) is 21.2. The van der Waals surface area contributed by atoms with Gasteiger partial charge in [0.1, 0.15) is 5.78 Å². The maximum atomic E-state index is 11.4. The molecule has 0 unspecified atom stereocenters. The Hall–Kier alpha value is -0.860. The van der Waals surface area contributed by atoms with Crippen LogP contribution in [0, 0.1) is 10.8 Å². The third kappa shape index (κ3) is 7.81. The summed E-state index contributed by atoms with van der Waals surface area (Å²) >= 11 is 0. The predicted molar refractivity (Wildman–Crippen MR) is 99.2 cm³/mol. The van der Waals surface area contributed by atoms with Crippen LogP contribution in [0.1, 0.15) is 111 Å². The van der Waals surface area contributed by atoms with Crippen LogP contribution in [0.5, 0.6) is 0 Å². The molecule has 0 bridgehead atoms. The molecule has 0 saturated heterocycles. The van der Waals surface area contributed by atoms with Crippen molar-refractivity contribution < 1.29 is 14.7 Å². The fraction of sp³-hybridized carbons (Fsp3) is 0.905. The van der Waals surface area contributed by atoms with Crippen LogP contribution >= 0.6 is 0 Å². The molecule has 140 valence electrons. The van der Waals surface area contributed by atoms with E-state index < -0.39 is 5.97 Å². The van der Waals surface area contributed by atoms with E-state index in [-0.39, 0.29) is 10.8 Å². The van der Waals surface area contributed by atoms with E-state index in [9.17, 15) is 9.59 Å². The molecule has 1 N–H and O–H groups in total. The molecule has 0 spiro atoms. The number of hydrogen-bond donors (Lipinski definition) is 1. The maximum absolute atomic E-state index is 11.4. The Bertz CT molecular complexity index is 368. The molecular weight excluding hydrogens is 300 g/mol. The molecule has 0 aromatic heterocycles. The lowest BCUT2D eigenvalue weighted by atomic mass is 9.83. The van der Waals surface area contributed by atoms with E-state index in [4.69, 9.17) is 5.11 Å². The first-order valence-corrected chi connectivity index (χ1v) is 10.0. The number of hydrogen-bond acceptors (Lipinski definition) is 2. The van der Waals surface area contributed by atoms with Crippen LogP contribution in [0.4, 0.5) is 0 Å². The molecule has 0 heterocycles. The van der Waals surface area contributed by atoms with Gasteiger partial charge in [-0.1, -0.05) is 78.1 Å². The van der Waals surface area contributed by atoms with Gasteiger partial charge in [0.05, 0.1) is 5.41 Å². The van der Waals surface area contributed by atoms with Crippen molar-refractivity contribution in [1.82, 2.24) is 0 Å². The standard InChI is InChI=1S/C21H38O3/c1-18(22)20(2,3)14-12-10-8-6-4-5-7-9-11-13-15-21(16-17-21)19(23)24/h4-17H2,1-3H3,(H,23,24). The van der Waals surface area contributed by atoms with Crippen molar-refractivity contribution in [2.24, 2.45) is 10.8 Å². The summed E-state index contributed by atoms with van der Waals surface area (Å²) in [6.07, 6.45) is 16.1. The summed E-state index contributed by atoms with van der Waals surface area (Å²) in [4.78, 5) is 22.5. The Morgan fingerprint density at radius 2 is 1.25 bits per heavy atom. The molecule has 0 radical (unpaired) electrons. The number of aliphatic carboxylic acids is 1. The minimum atomic E-state index is -0.575. The van der Waals surface area contributed by atoms with Crippen LogP contribution in [0.15, 0.2) is 0 Å². The second-order valence-electron chi connectivity index (χ2n) is 8.56. The molecular formula is C21H38O3. The summed E-state index contributed by atoms with van der Waals surface area (Å²) in [6.45, 7) is 5.81. The summed E-state index contributed by atoms with van der Waals surface area (Å²) in [7, 11) is 0. The van der Waals surface area contributed by atoms with Gasteiger partial charge in [-0.2, -0.15) is 0 Å². The van der Waals surface area contributed by atoms with Gasteiger partial charge in [0.25, 0.3) is 0 Å². The van der Waals surface area contributed by atoms with Crippen molar-refractivity contribution in [2.45, 2.75) is 111 Å². The number of carbonyl (C=O) groups is 2. The van der Waals surface area contributed by atoms with Gasteiger partial charge in [0.2, 0.25) is 0 Å². The molecule has 3 nitrogen and oxygen atoms in total. The highest BCUT2D eigenvalue weighted by atomic mass is 16.4. The number of rotatable bonds is 15. The fourth-order valence-electron chi connectivity index (χ4n) is 3.34. The third-order valence-corrected chi connectivity index (χ3v) is 5.97. The number of carboxylic acids is 1. The van der Waals surface area contributed by atoms with Crippen LogP contribution in [0.3, 0.4) is 0 Å². The first-order valence-electron chi connectivity index (χ1n) is 10.0. The lowest BCUT2D eigenvalue weighted by Crippen LogP contribution is -2.20. The average molecular weight is 339 g/mol. The molecule has 1 aliphatic carbocycles. The van der Waals surface area contributed by atoms with Gasteiger partial charge in [-0.05, 0) is 32.6 Å². The molecule has 24 heavy (non-hydrogen) atoms. The third-order valence-electron chi connectivity index (χ3n) is 5.97. The van der Waals surface area contributed by atoms with Gasteiger partial charge < -0.3 is 5.11 Å². The summed E-state index contributed by atoms with van der Waals surface area (Å²) in [5.41, 5.74) is -0.462. The van der Waals surface area contributed by atoms with Gasteiger partial charge in [-0.3, -0.25) is 9.59 Å². The zero-order valence-corrected chi connectivity index (χ0v) is 16.2. The van der Waals surface area contributed by atoms with E-state index in [0.29, 0.717) is 5.78 Å². The number of carbonyl (C=O) groups excluding carboxylic acids is 1. The normalized spacial score (nSPS) is 16.1. The van der Waals surface area contributed by atoms with Crippen LogP contribution in [-0.2, 0) is 9.59 Å². The van der Waals surface area contributed by atoms with Crippen molar-refractivity contribution >= 4 is 11.8 Å². The van der Waals surface area contributed by atoms with Crippen molar-refractivity contribution in [1.29, 1.82) is 0 Å². The van der Waals surface area contributed by atoms with E-state index in [0.717, 1.165) is 38.5 Å². The molecule has 0 amide bonds. The second-order valence-corrected chi connectivity index (χ2v) is 8.56. The number of carboxylic acid groups (broad SMARTS) is 1. The summed E-state index contributed by atoms with van der Waals surface area (Å²) in [6, 6.07) is 0. The second kappa shape index (κ2) is 10.2. The molecule has 0 aromatic carbocycles. The van der Waals surface area contributed by atoms with E-state index >= 15 is 0 Å². The largest absolute Gasteiger partial charge is 0.481 e. The van der Waals surface area contributed by atoms with Crippen molar-refractivity contribution in [3.05, 3.63) is 0 Å². The molecule has 1 fully saturated rings. The van der Waals surface area contributed by atoms with Gasteiger partial charge in [-0.15, -0.1) is 0 Å². The summed E-state index contributed by atoms with van der Waals surface area (Å²) < 4.78 is 0. The van der Waals surface area contributed by atoms with E-state index in [1.54, 1.807) is 6.92 Å². The van der Waals surface area contributed by atoms with Gasteiger partial charge >= 0.3 is 5.97 Å². The molecule has 1 aliphatic rings. The van der Waals surface area contributed by atoms with Gasteiger partial charge in [0.15, 0.2) is 0 Å². The molecule has 0 aliphatic heterocycles. The maximum Gasteiger partial charge on any atom is 0.309 e. The quantitative estimate of drug-likeness (QED) is 0.364. The van der Waals surface area contributed by atoms with Crippen molar-refractivity contribution in [3.63, 3.8) is 0 Å². The lowest BCUT2D eigenvalue weighted by Gasteiger charge is -2.20. The lowest BCUT2D eigenvalue weighted by molar-refractivity contribution is -0.143. The zero-order valence-electron chi connectivity index (χ0n) is 16.2. The predicted octanol–water partition coefficient (Wildman–Crippen LogP) is 6.15. The van der Waals surface area contributed by atoms with Crippen molar-refractivity contribution in [3.8, 4) is 0 Å². The highest BCUT2D eigenvalue weighted by Crippen LogP contribution is 2.50. The highest BCUT2D eigenvalue weighted by Gasteiger charge is 2.49. The Morgan fingerprint density at radius 3 is 1.62 bits per heavy atom. The molecule has 0 atom stereocenters. The van der Waals surface area contributed by atoms with Crippen LogP contribution in [0.2, 0.25) is 0 Å². The number of ketones is 1. The molecule has 0 aromatic rings. The minimum absolute atomic E-state index is 0.139. The molecule has 3 heteroatoms. The van der Waals surface area contributed by atoms with Gasteiger partial charge in [-0.25, -0.2) is 0 Å². The Balaban J connectivity index is 1.83. The van der Waals surface area contributed by atoms with Crippen molar-refractivity contribution in [2.75, 3.05) is 0 Å². The first-order chi connectivity index (χ1) is 11.3.